The first-order valence-electron chi connectivity index (χ1n) is 10.6. The molecule has 1 aliphatic rings. The first-order valence-corrected chi connectivity index (χ1v) is 11.0. The SMILES string of the molecule is O=[N+]([O-])c1ccc(-n2cccc2[C@@H]2[C@H](c3ccccn3)NC(=S)N2Cc2ccccc2)cc1. The molecule has 0 radical (unpaired) electrons. The maximum absolute atomic E-state index is 11.1. The van der Waals surface area contributed by atoms with Crippen molar-refractivity contribution in [1.82, 2.24) is 19.8 Å². The fraction of sp³-hybridized carbons (Fsp3) is 0.120. The van der Waals surface area contributed by atoms with Gasteiger partial charge in [-0.25, -0.2) is 0 Å². The molecule has 5 rings (SSSR count). The van der Waals surface area contributed by atoms with Gasteiger partial charge in [-0.15, -0.1) is 0 Å². The van der Waals surface area contributed by atoms with Crippen LogP contribution in [0.1, 0.15) is 29.0 Å². The molecule has 2 aromatic carbocycles. The lowest BCUT2D eigenvalue weighted by atomic mass is 10.0. The van der Waals surface area contributed by atoms with Crippen molar-refractivity contribution in [2.45, 2.75) is 18.6 Å². The van der Waals surface area contributed by atoms with Crippen molar-refractivity contribution in [1.29, 1.82) is 0 Å². The lowest BCUT2D eigenvalue weighted by Crippen LogP contribution is -2.30. The van der Waals surface area contributed by atoms with E-state index in [1.165, 1.54) is 12.1 Å². The van der Waals surface area contributed by atoms with Crippen molar-refractivity contribution in [2.24, 2.45) is 0 Å². The van der Waals surface area contributed by atoms with E-state index in [4.69, 9.17) is 12.2 Å². The molecule has 1 fully saturated rings. The van der Waals surface area contributed by atoms with Gasteiger partial charge in [-0.1, -0.05) is 36.4 Å². The van der Waals surface area contributed by atoms with E-state index in [9.17, 15) is 10.1 Å². The largest absolute Gasteiger partial charge is 0.352 e. The minimum atomic E-state index is -0.391. The van der Waals surface area contributed by atoms with E-state index in [1.807, 2.05) is 48.7 Å². The number of rotatable bonds is 6. The molecule has 1 aliphatic heterocycles. The van der Waals surface area contributed by atoms with Gasteiger partial charge in [-0.05, 0) is 54.2 Å². The summed E-state index contributed by atoms with van der Waals surface area (Å²) in [5.41, 5.74) is 3.98. The second-order valence-corrected chi connectivity index (χ2v) is 8.20. The summed E-state index contributed by atoms with van der Waals surface area (Å²) < 4.78 is 2.05. The van der Waals surface area contributed by atoms with Crippen LogP contribution >= 0.6 is 12.2 Å². The van der Waals surface area contributed by atoms with Gasteiger partial charge in [0, 0.05) is 42.5 Å². The van der Waals surface area contributed by atoms with Crippen LogP contribution < -0.4 is 5.32 Å². The molecular formula is C25H21N5O2S. The van der Waals surface area contributed by atoms with Gasteiger partial charge in [-0.2, -0.15) is 0 Å². The molecule has 2 atom stereocenters. The lowest BCUT2D eigenvalue weighted by molar-refractivity contribution is -0.384. The van der Waals surface area contributed by atoms with E-state index in [2.05, 4.69) is 38.0 Å². The summed E-state index contributed by atoms with van der Waals surface area (Å²) in [7, 11) is 0. The second kappa shape index (κ2) is 8.84. The number of nitro benzene ring substituents is 1. The van der Waals surface area contributed by atoms with Crippen molar-refractivity contribution >= 4 is 23.0 Å². The number of aromatic nitrogens is 2. The first kappa shape index (κ1) is 20.8. The molecule has 1 N–H and O–H groups in total. The third-order valence-corrected chi connectivity index (χ3v) is 6.17. The van der Waals surface area contributed by atoms with Crippen LogP contribution in [0.15, 0.2) is 97.3 Å². The van der Waals surface area contributed by atoms with Gasteiger partial charge in [0.25, 0.3) is 5.69 Å². The molecule has 0 unspecified atom stereocenters. The van der Waals surface area contributed by atoms with Gasteiger partial charge in [0.1, 0.15) is 0 Å². The highest BCUT2D eigenvalue weighted by atomic mass is 32.1. The maximum Gasteiger partial charge on any atom is 0.269 e. The molecule has 33 heavy (non-hydrogen) atoms. The zero-order valence-corrected chi connectivity index (χ0v) is 18.4. The Balaban J connectivity index is 1.58. The minimum absolute atomic E-state index is 0.0632. The smallest absolute Gasteiger partial charge is 0.269 e. The fourth-order valence-electron chi connectivity index (χ4n) is 4.28. The number of pyridine rings is 1. The second-order valence-electron chi connectivity index (χ2n) is 7.82. The standard InChI is InChI=1S/C25H21N5O2S/c31-30(32)20-13-11-19(12-14-20)28-16-6-10-22(28)24-23(21-9-4-5-15-26-21)27-25(33)29(24)17-18-7-2-1-3-8-18/h1-16,23-24H,17H2,(H,27,33)/t23-,24+/m0/s1. The van der Waals surface area contributed by atoms with Gasteiger partial charge in [0.2, 0.25) is 0 Å². The average molecular weight is 456 g/mol. The highest BCUT2D eigenvalue weighted by Gasteiger charge is 2.41. The Hall–Kier alpha value is -4.04. The Morgan fingerprint density at radius 1 is 0.970 bits per heavy atom. The molecule has 4 aromatic rings. The van der Waals surface area contributed by atoms with Crippen LogP contribution in [0.5, 0.6) is 0 Å². The highest BCUT2D eigenvalue weighted by molar-refractivity contribution is 7.80. The van der Waals surface area contributed by atoms with E-state index in [-0.39, 0.29) is 17.8 Å². The zero-order valence-electron chi connectivity index (χ0n) is 17.6. The molecule has 0 saturated carbocycles. The molecule has 8 heteroatoms. The minimum Gasteiger partial charge on any atom is -0.352 e. The Bertz CT molecular complexity index is 1280. The average Bonchev–Trinajstić information content (AvgIpc) is 3.45. The summed E-state index contributed by atoms with van der Waals surface area (Å²) in [5.74, 6) is 0. The number of nitrogens with one attached hydrogen (secondary N) is 1. The number of nitrogens with zero attached hydrogens (tertiary/aromatic N) is 4. The maximum atomic E-state index is 11.1. The summed E-state index contributed by atoms with van der Waals surface area (Å²) in [6.07, 6.45) is 3.75. The van der Waals surface area contributed by atoms with Gasteiger partial charge in [-0.3, -0.25) is 15.1 Å². The Labute approximate surface area is 196 Å². The summed E-state index contributed by atoms with van der Waals surface area (Å²) in [6.45, 7) is 0.645. The monoisotopic (exact) mass is 455 g/mol. The molecule has 1 saturated heterocycles. The Morgan fingerprint density at radius 2 is 1.73 bits per heavy atom. The molecule has 0 amide bonds. The van der Waals surface area contributed by atoms with Crippen LogP contribution in [-0.4, -0.2) is 24.5 Å². The topological polar surface area (TPSA) is 76.2 Å². The van der Waals surface area contributed by atoms with E-state index < -0.39 is 4.92 Å². The third-order valence-electron chi connectivity index (χ3n) is 5.82. The van der Waals surface area contributed by atoms with Gasteiger partial charge in [0.15, 0.2) is 5.11 Å². The number of hydrogen-bond donors (Lipinski definition) is 1. The molecule has 3 heterocycles. The summed E-state index contributed by atoms with van der Waals surface area (Å²) in [6, 6.07) is 26.4. The number of hydrogen-bond acceptors (Lipinski definition) is 4. The van der Waals surface area contributed by atoms with Crippen LogP contribution in [0.4, 0.5) is 5.69 Å². The van der Waals surface area contributed by atoms with Crippen LogP contribution in [0.25, 0.3) is 5.69 Å². The first-order chi connectivity index (χ1) is 16.1. The molecule has 0 spiro atoms. The molecule has 7 nitrogen and oxygen atoms in total. The number of benzene rings is 2. The highest BCUT2D eigenvalue weighted by Crippen LogP contribution is 2.40. The third kappa shape index (κ3) is 4.08. The molecule has 0 aliphatic carbocycles. The van der Waals surface area contributed by atoms with Crippen molar-refractivity contribution in [3.8, 4) is 5.69 Å². The van der Waals surface area contributed by atoms with Crippen LogP contribution in [0.3, 0.4) is 0 Å². The predicted octanol–water partition coefficient (Wildman–Crippen LogP) is 4.95. The Morgan fingerprint density at radius 3 is 2.42 bits per heavy atom. The summed E-state index contributed by atoms with van der Waals surface area (Å²) >= 11 is 5.78. The zero-order chi connectivity index (χ0) is 22.8. The molecule has 2 aromatic heterocycles. The fourth-order valence-corrected chi connectivity index (χ4v) is 4.59. The van der Waals surface area contributed by atoms with E-state index in [1.54, 1.807) is 18.3 Å². The number of nitro groups is 1. The van der Waals surface area contributed by atoms with Crippen molar-refractivity contribution < 1.29 is 4.92 Å². The predicted molar refractivity (Wildman–Crippen MR) is 130 cm³/mol. The molecule has 0 bridgehead atoms. The van der Waals surface area contributed by atoms with Gasteiger partial charge in [0.05, 0.1) is 22.7 Å². The molecular weight excluding hydrogens is 434 g/mol. The van der Waals surface area contributed by atoms with Gasteiger partial charge < -0.3 is 14.8 Å². The normalized spacial score (nSPS) is 17.7. The Kier molecular flexibility index (Phi) is 5.58. The van der Waals surface area contributed by atoms with Crippen molar-refractivity contribution in [3.05, 3.63) is 124 Å². The van der Waals surface area contributed by atoms with Gasteiger partial charge >= 0.3 is 0 Å². The van der Waals surface area contributed by atoms with Crippen LogP contribution in [0.2, 0.25) is 0 Å². The quantitative estimate of drug-likeness (QED) is 0.252. The summed E-state index contributed by atoms with van der Waals surface area (Å²) in [5, 5.41) is 15.2. The number of non-ortho nitro benzene ring substituents is 1. The van der Waals surface area contributed by atoms with Crippen molar-refractivity contribution in [3.63, 3.8) is 0 Å². The van der Waals surface area contributed by atoms with E-state index in [0.29, 0.717) is 11.7 Å². The van der Waals surface area contributed by atoms with Crippen LogP contribution in [0, 0.1) is 10.1 Å². The van der Waals surface area contributed by atoms with Crippen molar-refractivity contribution in [2.75, 3.05) is 0 Å². The van der Waals surface area contributed by atoms with E-state index >= 15 is 0 Å². The number of thiocarbonyl (C=S) groups is 1. The van der Waals surface area contributed by atoms with E-state index in [0.717, 1.165) is 22.6 Å². The molecule has 164 valence electrons. The summed E-state index contributed by atoms with van der Waals surface area (Å²) in [4.78, 5) is 17.5. The van der Waals surface area contributed by atoms with Crippen LogP contribution in [-0.2, 0) is 6.54 Å². The lowest BCUT2D eigenvalue weighted by Gasteiger charge is -2.29.